The maximum atomic E-state index is 12.9. The summed E-state index contributed by atoms with van der Waals surface area (Å²) in [6.45, 7) is 7.93. The standard InChI is InChI=1S/C24H26Cl2IN5O2S/c1-12(2)20(29-23(34)15-6-7-17(25)18(26)10-15)22-30-31-24(32(22)5)35-11-19(33)28-21-13(3)8-16(27)9-14(21)4/h6-10,12,20H,11H2,1-5H3,(H,28,33)(H,29,34)/t20-/m0/s1. The van der Waals surface area contributed by atoms with Crippen LogP contribution in [-0.4, -0.2) is 32.3 Å². The van der Waals surface area contributed by atoms with Crippen molar-refractivity contribution in [2.45, 2.75) is 38.9 Å². The number of carbonyl (C=O) groups is 2. The third kappa shape index (κ3) is 6.90. The lowest BCUT2D eigenvalue weighted by atomic mass is 10.0. The minimum absolute atomic E-state index is 0.0394. The van der Waals surface area contributed by atoms with Crippen LogP contribution in [0.15, 0.2) is 35.5 Å². The van der Waals surface area contributed by atoms with Gasteiger partial charge in [0, 0.05) is 21.9 Å². The zero-order valence-corrected chi connectivity index (χ0v) is 24.4. The van der Waals surface area contributed by atoms with E-state index in [9.17, 15) is 9.59 Å². The highest BCUT2D eigenvalue weighted by atomic mass is 127. The molecule has 3 rings (SSSR count). The Morgan fingerprint density at radius 2 is 1.74 bits per heavy atom. The summed E-state index contributed by atoms with van der Waals surface area (Å²) in [5.74, 6) is 0.402. The monoisotopic (exact) mass is 645 g/mol. The molecule has 0 spiro atoms. The van der Waals surface area contributed by atoms with Crippen molar-refractivity contribution < 1.29 is 9.59 Å². The largest absolute Gasteiger partial charge is 0.342 e. The van der Waals surface area contributed by atoms with E-state index < -0.39 is 6.04 Å². The molecule has 1 atom stereocenters. The predicted molar refractivity (Wildman–Crippen MR) is 150 cm³/mol. The predicted octanol–water partition coefficient (Wildman–Crippen LogP) is 6.20. The number of nitrogens with zero attached hydrogens (tertiary/aromatic N) is 3. The van der Waals surface area contributed by atoms with Crippen LogP contribution in [0.3, 0.4) is 0 Å². The molecule has 0 unspecified atom stereocenters. The van der Waals surface area contributed by atoms with Crippen molar-refractivity contribution in [3.63, 3.8) is 0 Å². The van der Waals surface area contributed by atoms with Crippen LogP contribution < -0.4 is 10.6 Å². The van der Waals surface area contributed by atoms with Crippen LogP contribution >= 0.6 is 57.6 Å². The van der Waals surface area contributed by atoms with E-state index in [2.05, 4.69) is 43.4 Å². The van der Waals surface area contributed by atoms with Crippen LogP contribution in [0.5, 0.6) is 0 Å². The molecule has 0 saturated carbocycles. The maximum Gasteiger partial charge on any atom is 0.251 e. The first kappa shape index (κ1) is 27.8. The first-order valence-electron chi connectivity index (χ1n) is 10.8. The van der Waals surface area contributed by atoms with E-state index in [4.69, 9.17) is 23.2 Å². The number of thioether (sulfide) groups is 1. The highest BCUT2D eigenvalue weighted by Gasteiger charge is 2.25. The summed E-state index contributed by atoms with van der Waals surface area (Å²) in [7, 11) is 1.82. The number of hydrogen-bond acceptors (Lipinski definition) is 5. The van der Waals surface area contributed by atoms with Gasteiger partial charge in [-0.2, -0.15) is 0 Å². The Balaban J connectivity index is 1.69. The van der Waals surface area contributed by atoms with Gasteiger partial charge in [-0.05, 0) is 83.8 Å². The highest BCUT2D eigenvalue weighted by molar-refractivity contribution is 14.1. The van der Waals surface area contributed by atoms with Crippen LogP contribution in [0.2, 0.25) is 10.0 Å². The van der Waals surface area contributed by atoms with E-state index in [0.717, 1.165) is 20.4 Å². The Hall–Kier alpha value is -1.82. The fourth-order valence-electron chi connectivity index (χ4n) is 3.53. The second kappa shape index (κ2) is 11.9. The first-order chi connectivity index (χ1) is 16.5. The number of carbonyl (C=O) groups excluding carboxylic acids is 2. The smallest absolute Gasteiger partial charge is 0.251 e. The number of nitrogens with one attached hydrogen (secondary N) is 2. The van der Waals surface area contributed by atoms with Crippen molar-refractivity contribution in [2.24, 2.45) is 13.0 Å². The third-order valence-corrected chi connectivity index (χ3v) is 7.76. The summed E-state index contributed by atoms with van der Waals surface area (Å²) in [6, 6.07) is 8.41. The summed E-state index contributed by atoms with van der Waals surface area (Å²) >= 11 is 15.6. The van der Waals surface area contributed by atoms with Crippen molar-refractivity contribution >= 4 is 75.1 Å². The number of aromatic nitrogens is 3. The lowest BCUT2D eigenvalue weighted by molar-refractivity contribution is -0.113. The van der Waals surface area contributed by atoms with Gasteiger partial charge in [-0.1, -0.05) is 48.8 Å². The molecule has 2 amide bonds. The van der Waals surface area contributed by atoms with Gasteiger partial charge in [0.1, 0.15) is 0 Å². The van der Waals surface area contributed by atoms with E-state index in [0.29, 0.717) is 26.6 Å². The van der Waals surface area contributed by atoms with Gasteiger partial charge in [-0.3, -0.25) is 9.59 Å². The fraction of sp³-hybridized carbons (Fsp3) is 0.333. The molecule has 2 aromatic carbocycles. The summed E-state index contributed by atoms with van der Waals surface area (Å²) in [4.78, 5) is 25.5. The zero-order chi connectivity index (χ0) is 25.9. The van der Waals surface area contributed by atoms with Gasteiger partial charge < -0.3 is 15.2 Å². The molecule has 35 heavy (non-hydrogen) atoms. The van der Waals surface area contributed by atoms with Gasteiger partial charge in [0.25, 0.3) is 5.91 Å². The average molecular weight is 646 g/mol. The number of hydrogen-bond donors (Lipinski definition) is 2. The van der Waals surface area contributed by atoms with Crippen molar-refractivity contribution in [3.05, 3.63) is 66.5 Å². The second-order valence-corrected chi connectivity index (χ2v) is 11.5. The lowest BCUT2D eigenvalue weighted by Crippen LogP contribution is -2.33. The number of anilines is 1. The van der Waals surface area contributed by atoms with Gasteiger partial charge in [-0.15, -0.1) is 10.2 Å². The molecule has 0 fully saturated rings. The average Bonchev–Trinajstić information content (AvgIpc) is 3.14. The number of halogens is 3. The molecule has 7 nitrogen and oxygen atoms in total. The summed E-state index contributed by atoms with van der Waals surface area (Å²) in [5, 5.41) is 15.9. The minimum Gasteiger partial charge on any atom is -0.342 e. The van der Waals surface area contributed by atoms with Crippen LogP contribution in [0.25, 0.3) is 0 Å². The fourth-order valence-corrected chi connectivity index (χ4v) is 5.48. The van der Waals surface area contributed by atoms with Gasteiger partial charge in [-0.25, -0.2) is 0 Å². The number of benzene rings is 2. The first-order valence-corrected chi connectivity index (χ1v) is 13.6. The topological polar surface area (TPSA) is 88.9 Å². The Bertz CT molecular complexity index is 1240. The molecule has 2 N–H and O–H groups in total. The van der Waals surface area contributed by atoms with E-state index in [1.54, 1.807) is 16.7 Å². The van der Waals surface area contributed by atoms with E-state index in [1.165, 1.54) is 17.8 Å². The molecule has 0 aliphatic carbocycles. The molecule has 0 radical (unpaired) electrons. The van der Waals surface area contributed by atoms with Crippen LogP contribution in [0, 0.1) is 23.3 Å². The Labute approximate surface area is 232 Å². The summed E-state index contributed by atoms with van der Waals surface area (Å²) < 4.78 is 2.93. The van der Waals surface area contributed by atoms with Gasteiger partial charge in [0.15, 0.2) is 11.0 Å². The van der Waals surface area contributed by atoms with E-state index >= 15 is 0 Å². The lowest BCUT2D eigenvalue weighted by Gasteiger charge is -2.22. The molecule has 11 heteroatoms. The maximum absolute atomic E-state index is 12.9. The number of rotatable bonds is 8. The normalized spacial score (nSPS) is 12.0. The van der Waals surface area contributed by atoms with Crippen LogP contribution in [0.1, 0.15) is 47.2 Å². The number of amides is 2. The van der Waals surface area contributed by atoms with Crippen molar-refractivity contribution in [1.82, 2.24) is 20.1 Å². The van der Waals surface area contributed by atoms with Gasteiger partial charge in [0.2, 0.25) is 5.91 Å². The van der Waals surface area contributed by atoms with E-state index in [1.807, 2.05) is 46.9 Å². The van der Waals surface area contributed by atoms with Gasteiger partial charge in [0.05, 0.1) is 21.8 Å². The van der Waals surface area contributed by atoms with Gasteiger partial charge >= 0.3 is 0 Å². The molecule has 186 valence electrons. The molecular weight excluding hydrogens is 620 g/mol. The Kier molecular flexibility index (Phi) is 9.47. The summed E-state index contributed by atoms with van der Waals surface area (Å²) in [6.07, 6.45) is 0. The third-order valence-electron chi connectivity index (χ3n) is 5.38. The number of aryl methyl sites for hydroxylation is 2. The van der Waals surface area contributed by atoms with Crippen molar-refractivity contribution in [1.29, 1.82) is 0 Å². The molecule has 0 aliphatic rings. The SMILES string of the molecule is Cc1cc(I)cc(C)c1NC(=O)CSc1nnc([C@@H](NC(=O)c2ccc(Cl)c(Cl)c2)C(C)C)n1C. The van der Waals surface area contributed by atoms with Crippen molar-refractivity contribution in [3.8, 4) is 0 Å². The Morgan fingerprint density at radius 1 is 1.09 bits per heavy atom. The minimum atomic E-state index is -0.394. The second-order valence-electron chi connectivity index (χ2n) is 8.48. The highest BCUT2D eigenvalue weighted by Crippen LogP contribution is 2.27. The van der Waals surface area contributed by atoms with Crippen LogP contribution in [-0.2, 0) is 11.8 Å². The van der Waals surface area contributed by atoms with Crippen LogP contribution in [0.4, 0.5) is 5.69 Å². The molecule has 1 heterocycles. The molecule has 1 aromatic heterocycles. The van der Waals surface area contributed by atoms with E-state index in [-0.39, 0.29) is 23.5 Å². The molecule has 0 bridgehead atoms. The molecular formula is C24H26Cl2IN5O2S. The Morgan fingerprint density at radius 3 is 2.34 bits per heavy atom. The van der Waals surface area contributed by atoms with Crippen molar-refractivity contribution in [2.75, 3.05) is 11.1 Å². The quantitative estimate of drug-likeness (QED) is 0.225. The molecule has 3 aromatic rings. The zero-order valence-electron chi connectivity index (χ0n) is 19.9. The summed E-state index contributed by atoms with van der Waals surface area (Å²) in [5.41, 5.74) is 3.27. The molecule has 0 saturated heterocycles. The molecule has 0 aliphatic heterocycles.